The van der Waals surface area contributed by atoms with Gasteiger partial charge in [-0.15, -0.1) is 0 Å². The molecule has 0 N–H and O–H groups in total. The summed E-state index contributed by atoms with van der Waals surface area (Å²) in [7, 11) is -2.72. The Labute approximate surface area is 274 Å². The first-order chi connectivity index (χ1) is 22.6. The Morgan fingerprint density at radius 1 is 0.326 bits per heavy atom. The van der Waals surface area contributed by atoms with Gasteiger partial charge < -0.3 is 4.90 Å². The molecule has 0 unspecified atom stereocenters. The van der Waals surface area contributed by atoms with Gasteiger partial charge in [-0.3, -0.25) is 0 Å². The maximum absolute atomic E-state index is 2.72. The number of anilines is 3. The minimum absolute atomic E-state index is 1.14. The van der Waals surface area contributed by atoms with Crippen LogP contribution in [0.2, 0.25) is 0 Å². The third-order valence-corrected chi connectivity index (χ3v) is 13.7. The predicted octanol–water partition coefficient (Wildman–Crippen LogP) is 8.82. The standard InChI is InChI=1S/C44H37NSi/c1-34-14-12-22-43(32-34)46(44-23-13-15-35(2)33-44,41-28-24-37(25-29-41)36-16-6-3-7-17-36)42-30-26-40(27-31-42)45(38-18-8-4-9-19-38)39-20-10-5-11-21-39/h3-33H,1-2H3. The van der Waals surface area contributed by atoms with Gasteiger partial charge in [-0.2, -0.15) is 0 Å². The van der Waals surface area contributed by atoms with Crippen LogP contribution in [0.15, 0.2) is 188 Å². The number of rotatable bonds is 8. The Bertz CT molecular complexity index is 1950. The lowest BCUT2D eigenvalue weighted by Gasteiger charge is -2.35. The molecule has 0 saturated carbocycles. The highest BCUT2D eigenvalue weighted by Crippen LogP contribution is 2.33. The fraction of sp³-hybridized carbons (Fsp3) is 0.0455. The molecule has 7 aromatic carbocycles. The van der Waals surface area contributed by atoms with Gasteiger partial charge in [0, 0.05) is 17.1 Å². The van der Waals surface area contributed by atoms with Crippen LogP contribution in [0.5, 0.6) is 0 Å². The Balaban J connectivity index is 1.45. The average molecular weight is 608 g/mol. The highest BCUT2D eigenvalue weighted by molar-refractivity contribution is 7.19. The summed E-state index contributed by atoms with van der Waals surface area (Å²) >= 11 is 0. The molecular formula is C44H37NSi. The molecule has 0 fully saturated rings. The summed E-state index contributed by atoms with van der Waals surface area (Å²) in [5.74, 6) is 0. The largest absolute Gasteiger partial charge is 0.311 e. The first-order valence-electron chi connectivity index (χ1n) is 15.9. The first-order valence-corrected chi connectivity index (χ1v) is 17.9. The second-order valence-electron chi connectivity index (χ2n) is 12.0. The lowest BCUT2D eigenvalue weighted by molar-refractivity contribution is 1.28. The SMILES string of the molecule is Cc1cccc([Si](c2ccc(-c3ccccc3)cc2)(c2ccc(N(c3ccccc3)c3ccccc3)cc2)c2cccc(C)c2)c1. The highest BCUT2D eigenvalue weighted by atomic mass is 28.3. The molecule has 0 aromatic heterocycles. The van der Waals surface area contributed by atoms with Crippen molar-refractivity contribution in [3.63, 3.8) is 0 Å². The summed E-state index contributed by atoms with van der Waals surface area (Å²) in [5, 5.41) is 5.52. The van der Waals surface area contributed by atoms with Crippen LogP contribution in [0, 0.1) is 13.8 Å². The van der Waals surface area contributed by atoms with Gasteiger partial charge in [0.05, 0.1) is 0 Å². The summed E-state index contributed by atoms with van der Waals surface area (Å²) in [6.07, 6.45) is 0. The highest BCUT2D eigenvalue weighted by Gasteiger charge is 2.41. The lowest BCUT2D eigenvalue weighted by Crippen LogP contribution is -2.74. The maximum atomic E-state index is 2.41. The number of hydrogen-bond acceptors (Lipinski definition) is 1. The molecule has 0 aliphatic rings. The molecule has 0 atom stereocenters. The van der Waals surface area contributed by atoms with Crippen molar-refractivity contribution >= 4 is 45.9 Å². The molecule has 0 amide bonds. The normalized spacial score (nSPS) is 11.3. The van der Waals surface area contributed by atoms with E-state index in [1.165, 1.54) is 43.0 Å². The van der Waals surface area contributed by atoms with Crippen LogP contribution in [0.3, 0.4) is 0 Å². The number of aryl methyl sites for hydroxylation is 2. The topological polar surface area (TPSA) is 3.24 Å². The van der Waals surface area contributed by atoms with E-state index in [1.807, 2.05) is 0 Å². The Morgan fingerprint density at radius 3 is 1.17 bits per heavy atom. The van der Waals surface area contributed by atoms with E-state index in [0.717, 1.165) is 17.1 Å². The van der Waals surface area contributed by atoms with E-state index in [2.05, 4.69) is 207 Å². The van der Waals surface area contributed by atoms with Crippen LogP contribution in [0.1, 0.15) is 11.1 Å². The minimum atomic E-state index is -2.72. The van der Waals surface area contributed by atoms with Crippen molar-refractivity contribution in [2.75, 3.05) is 4.90 Å². The quantitative estimate of drug-likeness (QED) is 0.123. The van der Waals surface area contributed by atoms with E-state index in [1.54, 1.807) is 0 Å². The van der Waals surface area contributed by atoms with Crippen LogP contribution in [-0.2, 0) is 0 Å². The molecule has 0 saturated heterocycles. The van der Waals surface area contributed by atoms with Gasteiger partial charge in [0.25, 0.3) is 0 Å². The van der Waals surface area contributed by atoms with Gasteiger partial charge in [0.2, 0.25) is 0 Å². The van der Waals surface area contributed by atoms with Crippen molar-refractivity contribution in [1.82, 2.24) is 0 Å². The Morgan fingerprint density at radius 2 is 0.717 bits per heavy atom. The minimum Gasteiger partial charge on any atom is -0.311 e. The summed E-state index contributed by atoms with van der Waals surface area (Å²) in [5.41, 5.74) is 8.43. The molecule has 0 heterocycles. The fourth-order valence-corrected chi connectivity index (χ4v) is 11.7. The Kier molecular flexibility index (Phi) is 8.20. The van der Waals surface area contributed by atoms with E-state index in [9.17, 15) is 0 Å². The van der Waals surface area contributed by atoms with Crippen molar-refractivity contribution in [3.8, 4) is 11.1 Å². The number of para-hydroxylation sites is 2. The fourth-order valence-electron chi connectivity index (χ4n) is 6.76. The van der Waals surface area contributed by atoms with E-state index in [-0.39, 0.29) is 0 Å². The predicted molar refractivity (Wildman–Crippen MR) is 200 cm³/mol. The average Bonchev–Trinajstić information content (AvgIpc) is 3.11. The molecule has 0 bridgehead atoms. The van der Waals surface area contributed by atoms with Gasteiger partial charge in [0.1, 0.15) is 0 Å². The lowest BCUT2D eigenvalue weighted by atomic mass is 10.1. The van der Waals surface area contributed by atoms with Crippen LogP contribution in [0.4, 0.5) is 17.1 Å². The molecule has 7 aromatic rings. The summed E-state index contributed by atoms with van der Waals surface area (Å²) in [6.45, 7) is 4.41. The smallest absolute Gasteiger partial charge is 0.179 e. The maximum Gasteiger partial charge on any atom is 0.179 e. The monoisotopic (exact) mass is 607 g/mol. The number of nitrogens with zero attached hydrogens (tertiary/aromatic N) is 1. The van der Waals surface area contributed by atoms with E-state index in [0.29, 0.717) is 0 Å². The zero-order valence-electron chi connectivity index (χ0n) is 26.3. The molecule has 0 aliphatic carbocycles. The van der Waals surface area contributed by atoms with Crippen molar-refractivity contribution < 1.29 is 0 Å². The zero-order chi connectivity index (χ0) is 31.3. The van der Waals surface area contributed by atoms with E-state index < -0.39 is 8.07 Å². The number of hydrogen-bond donors (Lipinski definition) is 0. The van der Waals surface area contributed by atoms with Crippen LogP contribution >= 0.6 is 0 Å². The summed E-state index contributed by atoms with van der Waals surface area (Å²) in [4.78, 5) is 2.33. The molecule has 0 radical (unpaired) electrons. The van der Waals surface area contributed by atoms with Gasteiger partial charge in [-0.05, 0) is 82.1 Å². The van der Waals surface area contributed by atoms with Crippen LogP contribution < -0.4 is 25.6 Å². The molecule has 2 heteroatoms. The van der Waals surface area contributed by atoms with Crippen molar-refractivity contribution in [3.05, 3.63) is 199 Å². The molecule has 7 rings (SSSR count). The van der Waals surface area contributed by atoms with Gasteiger partial charge >= 0.3 is 0 Å². The van der Waals surface area contributed by atoms with Crippen molar-refractivity contribution in [2.45, 2.75) is 13.8 Å². The molecule has 0 spiro atoms. The molecule has 1 nitrogen and oxygen atoms in total. The van der Waals surface area contributed by atoms with Gasteiger partial charge in [-0.25, -0.2) is 0 Å². The molecule has 222 valence electrons. The molecular weight excluding hydrogens is 571 g/mol. The van der Waals surface area contributed by atoms with E-state index >= 15 is 0 Å². The summed E-state index contributed by atoms with van der Waals surface area (Å²) in [6, 6.07) is 69.1. The van der Waals surface area contributed by atoms with Crippen LogP contribution in [0.25, 0.3) is 11.1 Å². The number of benzene rings is 7. The molecule has 0 aliphatic heterocycles. The Hall–Kier alpha value is -5.44. The van der Waals surface area contributed by atoms with Crippen molar-refractivity contribution in [2.24, 2.45) is 0 Å². The first kappa shape index (κ1) is 29.3. The third kappa shape index (κ3) is 5.60. The molecule has 46 heavy (non-hydrogen) atoms. The zero-order valence-corrected chi connectivity index (χ0v) is 27.3. The van der Waals surface area contributed by atoms with Crippen LogP contribution in [-0.4, -0.2) is 8.07 Å². The second kappa shape index (κ2) is 12.9. The second-order valence-corrected chi connectivity index (χ2v) is 15.8. The van der Waals surface area contributed by atoms with E-state index in [4.69, 9.17) is 0 Å². The van der Waals surface area contributed by atoms with Gasteiger partial charge in [0.15, 0.2) is 8.07 Å². The third-order valence-electron chi connectivity index (χ3n) is 8.91. The summed E-state index contributed by atoms with van der Waals surface area (Å²) < 4.78 is 0. The van der Waals surface area contributed by atoms with Gasteiger partial charge in [-0.1, -0.05) is 163 Å². The van der Waals surface area contributed by atoms with Crippen molar-refractivity contribution in [1.29, 1.82) is 0 Å².